The molecule has 0 bridgehead atoms. The molecule has 1 rings (SSSR count). The van der Waals surface area contributed by atoms with Crippen molar-refractivity contribution in [2.24, 2.45) is 0 Å². The number of aromatic nitrogens is 1. The van der Waals surface area contributed by atoms with Crippen molar-refractivity contribution >= 4 is 11.6 Å². The Kier molecular flexibility index (Phi) is 4.31. The summed E-state index contributed by atoms with van der Waals surface area (Å²) in [4.78, 5) is 3.62. The van der Waals surface area contributed by atoms with Gasteiger partial charge < -0.3 is 4.74 Å². The van der Waals surface area contributed by atoms with E-state index in [4.69, 9.17) is 11.6 Å². The molecule has 0 amide bonds. The quantitative estimate of drug-likeness (QED) is 0.626. The molecule has 1 aromatic rings. The second-order valence-electron chi connectivity index (χ2n) is 3.20. The van der Waals surface area contributed by atoms with E-state index in [0.717, 1.165) is 18.3 Å². The minimum Gasteiger partial charge on any atom is -0.471 e. The van der Waals surface area contributed by atoms with Crippen LogP contribution in [-0.2, 0) is 5.88 Å². The smallest absolute Gasteiger partial charge is 0.434 e. The first kappa shape index (κ1) is 14.9. The van der Waals surface area contributed by atoms with Gasteiger partial charge in [-0.3, -0.25) is 4.98 Å². The summed E-state index contributed by atoms with van der Waals surface area (Å²) in [7, 11) is 0. The Labute approximate surface area is 103 Å². The highest BCUT2D eigenvalue weighted by Gasteiger charge is 2.59. The van der Waals surface area contributed by atoms with Crippen LogP contribution in [0, 0.1) is 0 Å². The van der Waals surface area contributed by atoms with Crippen LogP contribution in [0.5, 0.6) is 5.75 Å². The van der Waals surface area contributed by atoms with Crippen LogP contribution in [0.1, 0.15) is 5.69 Å². The zero-order valence-electron chi connectivity index (χ0n) is 8.52. The number of hydrogen-bond acceptors (Lipinski definition) is 2. The van der Waals surface area contributed by atoms with Crippen LogP contribution >= 0.6 is 11.6 Å². The molecule has 0 aromatic carbocycles. The first-order valence-electron chi connectivity index (χ1n) is 4.45. The summed E-state index contributed by atoms with van der Waals surface area (Å²) in [6, 6.07) is 1.80. The maximum Gasteiger partial charge on any atom is 0.434 e. The van der Waals surface area contributed by atoms with Crippen LogP contribution in [-0.4, -0.2) is 23.4 Å². The molecule has 0 radical (unpaired) electrons. The molecule has 18 heavy (non-hydrogen) atoms. The summed E-state index contributed by atoms with van der Waals surface area (Å²) in [5.41, 5.74) is 0.109. The van der Waals surface area contributed by atoms with Crippen LogP contribution < -0.4 is 4.74 Å². The minimum absolute atomic E-state index is 0.109. The van der Waals surface area contributed by atoms with Gasteiger partial charge in [0.2, 0.25) is 0 Å². The summed E-state index contributed by atoms with van der Waals surface area (Å²) >= 11 is 5.35. The van der Waals surface area contributed by atoms with Gasteiger partial charge in [-0.25, -0.2) is 0 Å². The average molecular weight is 294 g/mol. The van der Waals surface area contributed by atoms with Gasteiger partial charge in [0, 0.05) is 12.3 Å². The molecular formula is C9H6ClF6NO. The molecule has 0 aliphatic heterocycles. The van der Waals surface area contributed by atoms with Crippen molar-refractivity contribution in [3.63, 3.8) is 0 Å². The van der Waals surface area contributed by atoms with E-state index in [2.05, 4.69) is 9.72 Å². The predicted molar refractivity (Wildman–Crippen MR) is 50.3 cm³/mol. The van der Waals surface area contributed by atoms with Crippen molar-refractivity contribution in [1.82, 2.24) is 4.98 Å². The summed E-state index contributed by atoms with van der Waals surface area (Å²) < 4.78 is 77.1. The van der Waals surface area contributed by atoms with E-state index in [1.807, 2.05) is 0 Å². The highest BCUT2D eigenvalue weighted by Crippen LogP contribution is 2.36. The Hall–Kier alpha value is -1.18. The number of halogens is 7. The zero-order valence-corrected chi connectivity index (χ0v) is 9.27. The molecule has 0 saturated carbocycles. The summed E-state index contributed by atoms with van der Waals surface area (Å²) in [6.07, 6.45) is -14.0. The van der Waals surface area contributed by atoms with E-state index >= 15 is 0 Å². The molecule has 9 heteroatoms. The molecule has 0 fully saturated rings. The van der Waals surface area contributed by atoms with Gasteiger partial charge >= 0.3 is 12.4 Å². The molecule has 0 atom stereocenters. The lowest BCUT2D eigenvalue weighted by Crippen LogP contribution is -2.46. The number of hydrogen-bond donors (Lipinski definition) is 0. The van der Waals surface area contributed by atoms with E-state index in [1.165, 1.54) is 0 Å². The Bertz CT molecular complexity index is 391. The Morgan fingerprint density at radius 2 is 1.72 bits per heavy atom. The van der Waals surface area contributed by atoms with Gasteiger partial charge in [0.25, 0.3) is 6.10 Å². The normalized spacial score (nSPS) is 12.9. The van der Waals surface area contributed by atoms with Crippen molar-refractivity contribution in [3.05, 3.63) is 24.0 Å². The van der Waals surface area contributed by atoms with Crippen molar-refractivity contribution in [3.8, 4) is 5.75 Å². The number of rotatable bonds is 3. The molecule has 0 spiro atoms. The van der Waals surface area contributed by atoms with Crippen LogP contribution in [0.25, 0.3) is 0 Å². The summed E-state index contributed by atoms with van der Waals surface area (Å²) in [5, 5.41) is 0. The molecule has 102 valence electrons. The molecule has 0 saturated heterocycles. The highest BCUT2D eigenvalue weighted by molar-refractivity contribution is 6.16. The van der Waals surface area contributed by atoms with E-state index in [1.54, 1.807) is 0 Å². The third-order valence-electron chi connectivity index (χ3n) is 1.77. The molecule has 0 unspecified atom stereocenters. The Morgan fingerprint density at radius 1 is 1.17 bits per heavy atom. The van der Waals surface area contributed by atoms with Crippen LogP contribution in [0.4, 0.5) is 26.3 Å². The van der Waals surface area contributed by atoms with Gasteiger partial charge in [-0.2, -0.15) is 26.3 Å². The van der Waals surface area contributed by atoms with Gasteiger partial charge in [-0.1, -0.05) is 0 Å². The maximum absolute atomic E-state index is 12.2. The lowest BCUT2D eigenvalue weighted by atomic mass is 10.3. The second-order valence-corrected chi connectivity index (χ2v) is 3.46. The van der Waals surface area contributed by atoms with Gasteiger partial charge in [-0.05, 0) is 6.07 Å². The lowest BCUT2D eigenvalue weighted by molar-refractivity contribution is -0.299. The standard InChI is InChI=1S/C9H6ClF6NO/c10-4-5-3-6(1-2-17-5)18-7(8(11,12)13)9(14,15)16/h1-3,7H,4H2. The molecular weight excluding hydrogens is 288 g/mol. The predicted octanol–water partition coefficient (Wildman–Crippen LogP) is 3.69. The second kappa shape index (κ2) is 5.21. The summed E-state index contributed by atoms with van der Waals surface area (Å²) in [5.74, 6) is -0.750. The van der Waals surface area contributed by atoms with E-state index in [0.29, 0.717) is 0 Å². The SMILES string of the molecule is FC(F)(F)C(Oc1ccnc(CCl)c1)C(F)(F)F. The topological polar surface area (TPSA) is 22.1 Å². The van der Waals surface area contributed by atoms with Gasteiger partial charge in [-0.15, -0.1) is 11.6 Å². The summed E-state index contributed by atoms with van der Waals surface area (Å²) in [6.45, 7) is 0. The van der Waals surface area contributed by atoms with Crippen LogP contribution in [0.2, 0.25) is 0 Å². The average Bonchev–Trinajstić information content (AvgIpc) is 2.23. The van der Waals surface area contributed by atoms with Crippen LogP contribution in [0.15, 0.2) is 18.3 Å². The Balaban J connectivity index is 2.97. The van der Waals surface area contributed by atoms with E-state index in [-0.39, 0.29) is 11.6 Å². The minimum atomic E-state index is -5.55. The van der Waals surface area contributed by atoms with Gasteiger partial charge in [0.15, 0.2) is 0 Å². The zero-order chi connectivity index (χ0) is 14.0. The van der Waals surface area contributed by atoms with Crippen LogP contribution in [0.3, 0.4) is 0 Å². The first-order chi connectivity index (χ1) is 8.14. The van der Waals surface area contributed by atoms with Crippen molar-refractivity contribution in [1.29, 1.82) is 0 Å². The largest absolute Gasteiger partial charge is 0.471 e. The number of pyridine rings is 1. The monoisotopic (exact) mass is 293 g/mol. The van der Waals surface area contributed by atoms with Crippen molar-refractivity contribution in [2.75, 3.05) is 0 Å². The molecule has 0 N–H and O–H groups in total. The first-order valence-corrected chi connectivity index (χ1v) is 4.99. The number of nitrogens with zero attached hydrogens (tertiary/aromatic N) is 1. The van der Waals surface area contributed by atoms with Gasteiger partial charge in [0.1, 0.15) is 5.75 Å². The fourth-order valence-corrected chi connectivity index (χ4v) is 1.20. The van der Waals surface area contributed by atoms with Crippen molar-refractivity contribution in [2.45, 2.75) is 24.3 Å². The molecule has 1 heterocycles. The fourth-order valence-electron chi connectivity index (χ4n) is 1.06. The van der Waals surface area contributed by atoms with Gasteiger partial charge in [0.05, 0.1) is 11.6 Å². The van der Waals surface area contributed by atoms with E-state index < -0.39 is 24.2 Å². The number of ether oxygens (including phenoxy) is 1. The molecule has 0 aliphatic rings. The third-order valence-corrected chi connectivity index (χ3v) is 2.05. The van der Waals surface area contributed by atoms with Crippen molar-refractivity contribution < 1.29 is 31.1 Å². The highest BCUT2D eigenvalue weighted by atomic mass is 35.5. The lowest BCUT2D eigenvalue weighted by Gasteiger charge is -2.23. The van der Waals surface area contributed by atoms with E-state index in [9.17, 15) is 26.3 Å². The Morgan fingerprint density at radius 3 is 2.17 bits per heavy atom. The number of alkyl halides is 7. The third kappa shape index (κ3) is 3.94. The molecule has 0 aliphatic carbocycles. The fraction of sp³-hybridized carbons (Fsp3) is 0.444. The molecule has 1 aromatic heterocycles. The maximum atomic E-state index is 12.2. The molecule has 2 nitrogen and oxygen atoms in total.